The molecule has 3 rings (SSSR count). The average molecular weight is 371 g/mol. The summed E-state index contributed by atoms with van der Waals surface area (Å²) < 4.78 is 0. The van der Waals surface area contributed by atoms with Crippen molar-refractivity contribution < 1.29 is 14.4 Å². The molecule has 27 heavy (non-hydrogen) atoms. The number of carbonyl (C=O) groups is 3. The van der Waals surface area contributed by atoms with Crippen LogP contribution in [0.2, 0.25) is 0 Å². The summed E-state index contributed by atoms with van der Waals surface area (Å²) >= 11 is 0. The summed E-state index contributed by atoms with van der Waals surface area (Å²) in [7, 11) is 1.85. The van der Waals surface area contributed by atoms with E-state index in [4.69, 9.17) is 0 Å². The lowest BCUT2D eigenvalue weighted by Gasteiger charge is -2.30. The normalized spacial score (nSPS) is 25.7. The van der Waals surface area contributed by atoms with Crippen LogP contribution in [-0.4, -0.2) is 55.2 Å². The van der Waals surface area contributed by atoms with Gasteiger partial charge in [0.05, 0.1) is 0 Å². The summed E-state index contributed by atoms with van der Waals surface area (Å²) in [4.78, 5) is 38.4. The van der Waals surface area contributed by atoms with E-state index in [-0.39, 0.29) is 18.5 Å². The number of hydrogen-bond donors (Lipinski definition) is 2. The Morgan fingerprint density at radius 1 is 1.11 bits per heavy atom. The van der Waals surface area contributed by atoms with Gasteiger partial charge in [-0.1, -0.05) is 30.3 Å². The van der Waals surface area contributed by atoms with E-state index in [1.807, 2.05) is 13.1 Å². The monoisotopic (exact) mass is 371 g/mol. The number of nitrogens with zero attached hydrogens (tertiary/aromatic N) is 1. The van der Waals surface area contributed by atoms with Gasteiger partial charge in [-0.15, -0.1) is 0 Å². The highest BCUT2D eigenvalue weighted by molar-refractivity contribution is 6.42. The molecule has 2 fully saturated rings. The third kappa shape index (κ3) is 4.75. The molecule has 6 heteroatoms. The summed E-state index contributed by atoms with van der Waals surface area (Å²) in [6, 6.07) is 10.6. The van der Waals surface area contributed by atoms with E-state index in [0.717, 1.165) is 38.6 Å². The molecule has 2 amide bonds. The minimum Gasteiger partial charge on any atom is -0.353 e. The van der Waals surface area contributed by atoms with Crippen LogP contribution < -0.4 is 10.6 Å². The number of nitrogens with one attached hydrogen (secondary N) is 2. The Kier molecular flexibility index (Phi) is 6.61. The summed E-state index contributed by atoms with van der Waals surface area (Å²) in [5.74, 6) is -1.67. The second-order valence-electron chi connectivity index (χ2n) is 7.59. The van der Waals surface area contributed by atoms with E-state index in [2.05, 4.69) is 34.9 Å². The van der Waals surface area contributed by atoms with Crippen LogP contribution in [0.15, 0.2) is 30.3 Å². The molecule has 1 unspecified atom stereocenters. The van der Waals surface area contributed by atoms with Crippen LogP contribution in [0.25, 0.3) is 0 Å². The quantitative estimate of drug-likeness (QED) is 0.432. The molecule has 1 saturated heterocycles. The third-order valence-electron chi connectivity index (χ3n) is 5.73. The van der Waals surface area contributed by atoms with Crippen molar-refractivity contribution in [2.45, 2.75) is 44.1 Å². The molecule has 1 aliphatic heterocycles. The van der Waals surface area contributed by atoms with Gasteiger partial charge in [-0.05, 0) is 57.2 Å². The second-order valence-corrected chi connectivity index (χ2v) is 7.59. The maximum absolute atomic E-state index is 12.6. The van der Waals surface area contributed by atoms with Crippen LogP contribution in [0.3, 0.4) is 0 Å². The predicted molar refractivity (Wildman–Crippen MR) is 103 cm³/mol. The highest BCUT2D eigenvalue weighted by Gasteiger charge is 2.43. The fourth-order valence-electron chi connectivity index (χ4n) is 4.13. The van der Waals surface area contributed by atoms with Crippen LogP contribution in [0, 0.1) is 5.92 Å². The van der Waals surface area contributed by atoms with Gasteiger partial charge in [0.15, 0.2) is 0 Å². The number of carbonyl (C=O) groups excluding carboxylic acids is 3. The molecule has 1 heterocycles. The van der Waals surface area contributed by atoms with Crippen molar-refractivity contribution in [3.63, 3.8) is 0 Å². The Hall–Kier alpha value is -2.21. The molecule has 1 aromatic carbocycles. The summed E-state index contributed by atoms with van der Waals surface area (Å²) in [5, 5.41) is 6.04. The number of benzene rings is 1. The highest BCUT2D eigenvalue weighted by atomic mass is 16.2. The van der Waals surface area contributed by atoms with E-state index in [9.17, 15) is 14.4 Å². The van der Waals surface area contributed by atoms with E-state index in [0.29, 0.717) is 12.5 Å². The molecule has 0 radical (unpaired) electrons. The van der Waals surface area contributed by atoms with Gasteiger partial charge >= 0.3 is 0 Å². The number of hydrogen-bond acceptors (Lipinski definition) is 4. The van der Waals surface area contributed by atoms with E-state index in [1.54, 1.807) is 0 Å². The molecule has 1 aromatic rings. The van der Waals surface area contributed by atoms with Crippen LogP contribution in [0.1, 0.15) is 43.6 Å². The van der Waals surface area contributed by atoms with Gasteiger partial charge in [-0.3, -0.25) is 14.4 Å². The Balaban J connectivity index is 1.48. The van der Waals surface area contributed by atoms with Gasteiger partial charge in [0, 0.05) is 19.1 Å². The Morgan fingerprint density at radius 3 is 2.48 bits per heavy atom. The van der Waals surface area contributed by atoms with Crippen LogP contribution in [0.5, 0.6) is 0 Å². The van der Waals surface area contributed by atoms with Gasteiger partial charge < -0.3 is 15.5 Å². The molecule has 1 saturated carbocycles. The van der Waals surface area contributed by atoms with Gasteiger partial charge in [-0.25, -0.2) is 0 Å². The van der Waals surface area contributed by atoms with Gasteiger partial charge in [0.2, 0.25) is 11.7 Å². The van der Waals surface area contributed by atoms with Crippen molar-refractivity contribution in [3.8, 4) is 0 Å². The number of amides is 2. The smallest absolute Gasteiger partial charge is 0.290 e. The first-order valence-electron chi connectivity index (χ1n) is 9.93. The number of rotatable bonds is 7. The van der Waals surface area contributed by atoms with Crippen molar-refractivity contribution in [2.24, 2.45) is 5.92 Å². The molecule has 0 bridgehead atoms. The molecule has 6 nitrogen and oxygen atoms in total. The maximum atomic E-state index is 12.6. The third-order valence-corrected chi connectivity index (χ3v) is 5.73. The summed E-state index contributed by atoms with van der Waals surface area (Å²) in [5.41, 5.74) is 1.36. The molecular formula is C21H29N3O3. The fourth-order valence-corrected chi connectivity index (χ4v) is 4.13. The Morgan fingerprint density at radius 2 is 1.81 bits per heavy atom. The minimum absolute atomic E-state index is 0.0960. The molecule has 2 aliphatic rings. The van der Waals surface area contributed by atoms with E-state index < -0.39 is 17.6 Å². The standard InChI is InChI=1S/C21H29N3O3/c1-22-12-5-13-24-14-18(19(25)21(24)27)20(26)23-17-10-8-16(9-11-17)15-6-3-2-4-7-15/h2-4,6-7,16-18,22H,5,8-14H2,1H3,(H,23,26). The van der Waals surface area contributed by atoms with Crippen molar-refractivity contribution in [1.82, 2.24) is 15.5 Å². The van der Waals surface area contributed by atoms with Gasteiger partial charge in [0.25, 0.3) is 5.91 Å². The lowest BCUT2D eigenvalue weighted by atomic mass is 9.81. The number of ketones is 1. The zero-order chi connectivity index (χ0) is 19.2. The van der Waals surface area contributed by atoms with Crippen molar-refractivity contribution in [1.29, 1.82) is 0 Å². The molecule has 0 spiro atoms. The largest absolute Gasteiger partial charge is 0.353 e. The first-order chi connectivity index (χ1) is 13.1. The number of likely N-dealkylation sites (tertiary alicyclic amines) is 1. The van der Waals surface area contributed by atoms with Crippen molar-refractivity contribution in [3.05, 3.63) is 35.9 Å². The predicted octanol–water partition coefficient (Wildman–Crippen LogP) is 1.47. The molecule has 0 aromatic heterocycles. The minimum atomic E-state index is -0.848. The van der Waals surface area contributed by atoms with Crippen molar-refractivity contribution in [2.75, 3.05) is 26.7 Å². The van der Waals surface area contributed by atoms with Gasteiger partial charge in [-0.2, -0.15) is 0 Å². The molecule has 1 aliphatic carbocycles. The lowest BCUT2D eigenvalue weighted by Crippen LogP contribution is -2.43. The van der Waals surface area contributed by atoms with Gasteiger partial charge in [0.1, 0.15) is 5.92 Å². The molecule has 2 N–H and O–H groups in total. The van der Waals surface area contributed by atoms with Crippen LogP contribution in [0.4, 0.5) is 0 Å². The highest BCUT2D eigenvalue weighted by Crippen LogP contribution is 2.32. The first-order valence-corrected chi connectivity index (χ1v) is 9.93. The SMILES string of the molecule is CNCCCN1CC(C(=O)NC2CCC(c3ccccc3)CC2)C(=O)C1=O. The Labute approximate surface area is 160 Å². The average Bonchev–Trinajstić information content (AvgIpc) is 2.98. The second kappa shape index (κ2) is 9.13. The van der Waals surface area contributed by atoms with Crippen LogP contribution >= 0.6 is 0 Å². The zero-order valence-electron chi connectivity index (χ0n) is 15.9. The number of Topliss-reactive ketones (excluding diaryl/α,β-unsaturated/α-hetero) is 1. The van der Waals surface area contributed by atoms with Crippen LogP contribution in [-0.2, 0) is 14.4 Å². The summed E-state index contributed by atoms with van der Waals surface area (Å²) in [6.07, 6.45) is 4.65. The summed E-state index contributed by atoms with van der Waals surface area (Å²) in [6.45, 7) is 1.50. The lowest BCUT2D eigenvalue weighted by molar-refractivity contribution is -0.142. The fraction of sp³-hybridized carbons (Fsp3) is 0.571. The first kappa shape index (κ1) is 19.5. The molecule has 1 atom stereocenters. The van der Waals surface area contributed by atoms with E-state index >= 15 is 0 Å². The Bertz CT molecular complexity index is 669. The maximum Gasteiger partial charge on any atom is 0.290 e. The van der Waals surface area contributed by atoms with E-state index in [1.165, 1.54) is 10.5 Å². The zero-order valence-corrected chi connectivity index (χ0v) is 15.9. The van der Waals surface area contributed by atoms with Crippen molar-refractivity contribution >= 4 is 17.6 Å². The molecule has 146 valence electrons. The molecular weight excluding hydrogens is 342 g/mol. The topological polar surface area (TPSA) is 78.5 Å².